The molecule has 0 heterocycles. The molecule has 0 aliphatic carbocycles. The summed E-state index contributed by atoms with van der Waals surface area (Å²) in [5.41, 5.74) is 2.07. The average molecular weight is 304 g/mol. The summed E-state index contributed by atoms with van der Waals surface area (Å²) in [7, 11) is 0. The molecule has 0 aromatic heterocycles. The highest BCUT2D eigenvalue weighted by molar-refractivity contribution is 6.42. The van der Waals surface area contributed by atoms with Gasteiger partial charge in [-0.1, -0.05) is 41.4 Å². The van der Waals surface area contributed by atoms with Crippen LogP contribution in [0.5, 0.6) is 0 Å². The Morgan fingerprint density at radius 2 is 1.56 bits per heavy atom. The van der Waals surface area contributed by atoms with Gasteiger partial charge in [-0.15, -0.1) is 11.6 Å². The molecule has 0 spiro atoms. The molecule has 0 saturated heterocycles. The molecule has 2 aromatic rings. The topological polar surface area (TPSA) is 0 Å². The van der Waals surface area contributed by atoms with E-state index in [4.69, 9.17) is 34.8 Å². The van der Waals surface area contributed by atoms with Crippen LogP contribution in [0, 0.1) is 12.7 Å². The van der Waals surface area contributed by atoms with E-state index in [1.807, 2.05) is 0 Å². The lowest BCUT2D eigenvalue weighted by atomic mass is 10.0. The van der Waals surface area contributed by atoms with Gasteiger partial charge in [-0.05, 0) is 41.8 Å². The number of alkyl halides is 1. The third kappa shape index (κ3) is 2.80. The van der Waals surface area contributed by atoms with Gasteiger partial charge in [0.2, 0.25) is 0 Å². The summed E-state index contributed by atoms with van der Waals surface area (Å²) in [5, 5.41) is 0.460. The van der Waals surface area contributed by atoms with Crippen LogP contribution in [0.2, 0.25) is 10.0 Å². The van der Waals surface area contributed by atoms with E-state index in [0.717, 1.165) is 5.56 Å². The van der Waals surface area contributed by atoms with Gasteiger partial charge in [-0.25, -0.2) is 4.39 Å². The maximum atomic E-state index is 13.5. The summed E-state index contributed by atoms with van der Waals surface area (Å²) < 4.78 is 13.5. The Balaban J connectivity index is 2.37. The molecule has 0 radical (unpaired) electrons. The van der Waals surface area contributed by atoms with Gasteiger partial charge in [0.1, 0.15) is 5.82 Å². The number of halogens is 4. The van der Waals surface area contributed by atoms with Gasteiger partial charge >= 0.3 is 0 Å². The lowest BCUT2D eigenvalue weighted by Gasteiger charge is -2.12. The zero-order valence-electron chi connectivity index (χ0n) is 9.55. The van der Waals surface area contributed by atoms with Crippen molar-refractivity contribution < 1.29 is 4.39 Å². The van der Waals surface area contributed by atoms with Gasteiger partial charge in [0, 0.05) is 0 Å². The first-order valence-electron chi connectivity index (χ1n) is 5.34. The molecule has 0 amide bonds. The Kier molecular flexibility index (Phi) is 4.16. The van der Waals surface area contributed by atoms with Crippen LogP contribution in [0.4, 0.5) is 4.39 Å². The molecule has 1 atom stereocenters. The Morgan fingerprint density at radius 3 is 2.17 bits per heavy atom. The fourth-order valence-electron chi connectivity index (χ4n) is 1.63. The van der Waals surface area contributed by atoms with Gasteiger partial charge in [-0.2, -0.15) is 0 Å². The van der Waals surface area contributed by atoms with Crippen LogP contribution in [0.3, 0.4) is 0 Å². The van der Waals surface area contributed by atoms with E-state index in [0.29, 0.717) is 21.2 Å². The number of benzene rings is 2. The van der Waals surface area contributed by atoms with Crippen molar-refractivity contribution in [1.82, 2.24) is 0 Å². The van der Waals surface area contributed by atoms with Crippen molar-refractivity contribution in [2.45, 2.75) is 12.3 Å². The van der Waals surface area contributed by atoms with Crippen molar-refractivity contribution in [3.8, 4) is 0 Å². The van der Waals surface area contributed by atoms with Crippen molar-refractivity contribution in [1.29, 1.82) is 0 Å². The number of aryl methyl sites for hydroxylation is 1. The highest BCUT2D eigenvalue weighted by Gasteiger charge is 2.13. The van der Waals surface area contributed by atoms with E-state index in [-0.39, 0.29) is 5.82 Å². The molecule has 2 aromatic carbocycles. The van der Waals surface area contributed by atoms with E-state index in [1.54, 1.807) is 37.3 Å². The van der Waals surface area contributed by atoms with Gasteiger partial charge < -0.3 is 0 Å². The second-order valence-corrected chi connectivity index (χ2v) is 5.30. The molecule has 0 N–H and O–H groups in total. The molecule has 0 aliphatic heterocycles. The SMILES string of the molecule is Cc1ccc(C(Cl)c2ccc(Cl)c(Cl)c2)cc1F. The lowest BCUT2D eigenvalue weighted by Crippen LogP contribution is -1.95. The van der Waals surface area contributed by atoms with Crippen molar-refractivity contribution in [2.24, 2.45) is 0 Å². The Labute approximate surface area is 120 Å². The first kappa shape index (κ1) is 13.7. The second-order valence-electron chi connectivity index (χ2n) is 4.04. The minimum absolute atomic E-state index is 0.266. The monoisotopic (exact) mass is 302 g/mol. The summed E-state index contributed by atoms with van der Waals surface area (Å²) in [4.78, 5) is 0. The summed E-state index contributed by atoms with van der Waals surface area (Å²) in [6.07, 6.45) is 0. The lowest BCUT2D eigenvalue weighted by molar-refractivity contribution is 0.616. The molecule has 4 heteroatoms. The second kappa shape index (κ2) is 5.48. The van der Waals surface area contributed by atoms with E-state index >= 15 is 0 Å². The minimum atomic E-state index is -0.449. The summed E-state index contributed by atoms with van der Waals surface area (Å²) in [6.45, 7) is 1.71. The standard InChI is InChI=1S/C14H10Cl3F/c1-8-2-3-10(7-13(8)18)14(17)9-4-5-11(15)12(16)6-9/h2-7,14H,1H3. The summed E-state index contributed by atoms with van der Waals surface area (Å²) in [6, 6.07) is 10.1. The molecule has 94 valence electrons. The van der Waals surface area contributed by atoms with Gasteiger partial charge in [0.25, 0.3) is 0 Å². The zero-order valence-corrected chi connectivity index (χ0v) is 11.8. The molecule has 0 fully saturated rings. The van der Waals surface area contributed by atoms with Crippen LogP contribution in [0.15, 0.2) is 36.4 Å². The fourth-order valence-corrected chi connectivity index (χ4v) is 2.21. The van der Waals surface area contributed by atoms with Crippen LogP contribution in [-0.2, 0) is 0 Å². The van der Waals surface area contributed by atoms with Crippen molar-refractivity contribution in [3.05, 3.63) is 69.0 Å². The van der Waals surface area contributed by atoms with E-state index < -0.39 is 5.38 Å². The molecule has 0 nitrogen and oxygen atoms in total. The highest BCUT2D eigenvalue weighted by atomic mass is 35.5. The number of hydrogen-bond donors (Lipinski definition) is 0. The number of rotatable bonds is 2. The van der Waals surface area contributed by atoms with Crippen molar-refractivity contribution >= 4 is 34.8 Å². The van der Waals surface area contributed by atoms with E-state index in [1.165, 1.54) is 6.07 Å². The quantitative estimate of drug-likeness (QED) is 0.618. The Hall–Kier alpha value is -0.760. The normalized spacial score (nSPS) is 12.5. The third-order valence-electron chi connectivity index (χ3n) is 2.72. The maximum absolute atomic E-state index is 13.5. The van der Waals surface area contributed by atoms with Crippen LogP contribution >= 0.6 is 34.8 Å². The Bertz CT molecular complexity index is 530. The average Bonchev–Trinajstić information content (AvgIpc) is 2.35. The zero-order chi connectivity index (χ0) is 13.3. The van der Waals surface area contributed by atoms with E-state index in [9.17, 15) is 4.39 Å². The summed E-state index contributed by atoms with van der Waals surface area (Å²) in [5.74, 6) is -0.266. The molecule has 18 heavy (non-hydrogen) atoms. The van der Waals surface area contributed by atoms with Crippen molar-refractivity contribution in [2.75, 3.05) is 0 Å². The minimum Gasteiger partial charge on any atom is -0.207 e. The van der Waals surface area contributed by atoms with Gasteiger partial charge in [0.05, 0.1) is 15.4 Å². The van der Waals surface area contributed by atoms with Gasteiger partial charge in [0.15, 0.2) is 0 Å². The fraction of sp³-hybridized carbons (Fsp3) is 0.143. The maximum Gasteiger partial charge on any atom is 0.126 e. The van der Waals surface area contributed by atoms with E-state index in [2.05, 4.69) is 0 Å². The molecule has 0 saturated carbocycles. The summed E-state index contributed by atoms with van der Waals surface area (Å²) >= 11 is 18.1. The highest BCUT2D eigenvalue weighted by Crippen LogP contribution is 2.33. The van der Waals surface area contributed by atoms with Crippen LogP contribution in [0.1, 0.15) is 22.1 Å². The van der Waals surface area contributed by atoms with Gasteiger partial charge in [-0.3, -0.25) is 0 Å². The predicted octanol–water partition coefficient (Wildman–Crippen LogP) is 5.77. The molecule has 0 aliphatic rings. The first-order chi connectivity index (χ1) is 8.49. The molecule has 1 unspecified atom stereocenters. The van der Waals surface area contributed by atoms with Crippen LogP contribution < -0.4 is 0 Å². The Morgan fingerprint density at radius 1 is 0.944 bits per heavy atom. The molecular weight excluding hydrogens is 294 g/mol. The largest absolute Gasteiger partial charge is 0.207 e. The molecule has 2 rings (SSSR count). The van der Waals surface area contributed by atoms with Crippen LogP contribution in [0.25, 0.3) is 0 Å². The smallest absolute Gasteiger partial charge is 0.126 e. The van der Waals surface area contributed by atoms with Crippen molar-refractivity contribution in [3.63, 3.8) is 0 Å². The third-order valence-corrected chi connectivity index (χ3v) is 3.97. The number of hydrogen-bond acceptors (Lipinski definition) is 0. The first-order valence-corrected chi connectivity index (χ1v) is 6.53. The molecular formula is C14H10Cl3F. The van der Waals surface area contributed by atoms with Crippen LogP contribution in [-0.4, -0.2) is 0 Å². The molecule has 0 bridgehead atoms. The predicted molar refractivity (Wildman–Crippen MR) is 75.3 cm³/mol.